The van der Waals surface area contributed by atoms with Crippen molar-refractivity contribution in [2.45, 2.75) is 32.7 Å². The highest BCUT2D eigenvalue weighted by Crippen LogP contribution is 2.37. The predicted octanol–water partition coefficient (Wildman–Crippen LogP) is 3.25. The van der Waals surface area contributed by atoms with Gasteiger partial charge < -0.3 is 14.4 Å². The minimum Gasteiger partial charge on any atom is -0.339 e. The zero-order chi connectivity index (χ0) is 15.6. The number of carbonyl (C=O) groups is 1. The van der Waals surface area contributed by atoms with E-state index in [2.05, 4.69) is 39.2 Å². The van der Waals surface area contributed by atoms with Crippen LogP contribution in [-0.4, -0.2) is 54.0 Å². The van der Waals surface area contributed by atoms with Crippen molar-refractivity contribution in [1.29, 1.82) is 0 Å². The van der Waals surface area contributed by atoms with Crippen molar-refractivity contribution in [2.75, 3.05) is 33.7 Å². The van der Waals surface area contributed by atoms with Crippen molar-refractivity contribution >= 4 is 21.8 Å². The summed E-state index contributed by atoms with van der Waals surface area (Å²) in [4.78, 5) is 17.0. The molecule has 21 heavy (non-hydrogen) atoms. The second-order valence-electron chi connectivity index (χ2n) is 6.63. The molecule has 1 heterocycles. The van der Waals surface area contributed by atoms with Gasteiger partial charge in [-0.25, -0.2) is 0 Å². The summed E-state index contributed by atoms with van der Waals surface area (Å²) in [6, 6.07) is 2.48. The van der Waals surface area contributed by atoms with Crippen LogP contribution >= 0.6 is 15.9 Å². The molecule has 0 radical (unpaired) electrons. The van der Waals surface area contributed by atoms with Crippen molar-refractivity contribution in [3.05, 3.63) is 22.4 Å². The van der Waals surface area contributed by atoms with E-state index < -0.39 is 0 Å². The number of halogens is 1. The molecule has 4 nitrogen and oxygen atoms in total. The summed E-state index contributed by atoms with van der Waals surface area (Å²) in [5.74, 6) is 0.632. The Morgan fingerprint density at radius 1 is 1.38 bits per heavy atom. The molecule has 118 valence electrons. The normalized spacial score (nSPS) is 15.0. The first kappa shape index (κ1) is 16.6. The maximum atomic E-state index is 12.9. The quantitative estimate of drug-likeness (QED) is 0.750. The Morgan fingerprint density at radius 3 is 2.57 bits per heavy atom. The Bertz CT molecular complexity index is 492. The number of hydrogen-bond donors (Lipinski definition) is 0. The first-order chi connectivity index (χ1) is 9.88. The van der Waals surface area contributed by atoms with E-state index in [9.17, 15) is 4.79 Å². The Kier molecular flexibility index (Phi) is 5.49. The van der Waals surface area contributed by atoms with Crippen LogP contribution in [0.2, 0.25) is 0 Å². The minimum atomic E-state index is 0.156. The van der Waals surface area contributed by atoms with E-state index in [1.165, 1.54) is 12.8 Å². The fourth-order valence-corrected chi connectivity index (χ4v) is 2.91. The van der Waals surface area contributed by atoms with E-state index in [1.54, 1.807) is 0 Å². The van der Waals surface area contributed by atoms with E-state index >= 15 is 0 Å². The largest absolute Gasteiger partial charge is 0.339 e. The number of aromatic nitrogens is 1. The monoisotopic (exact) mass is 355 g/mol. The lowest BCUT2D eigenvalue weighted by Crippen LogP contribution is -2.39. The molecule has 0 aliphatic heterocycles. The topological polar surface area (TPSA) is 28.5 Å². The third-order valence-corrected chi connectivity index (χ3v) is 4.10. The van der Waals surface area contributed by atoms with Crippen LogP contribution in [-0.2, 0) is 0 Å². The number of hydrogen-bond acceptors (Lipinski definition) is 2. The van der Waals surface area contributed by atoms with Gasteiger partial charge >= 0.3 is 0 Å². The van der Waals surface area contributed by atoms with E-state index in [4.69, 9.17) is 0 Å². The van der Waals surface area contributed by atoms with Crippen molar-refractivity contribution in [1.82, 2.24) is 14.4 Å². The average molecular weight is 356 g/mol. The Hall–Kier alpha value is -0.810. The minimum absolute atomic E-state index is 0.156. The van der Waals surface area contributed by atoms with Crippen LogP contribution in [0.5, 0.6) is 0 Å². The highest BCUT2D eigenvalue weighted by molar-refractivity contribution is 9.10. The lowest BCUT2D eigenvalue weighted by molar-refractivity contribution is 0.0713. The third kappa shape index (κ3) is 4.58. The smallest absolute Gasteiger partial charge is 0.270 e. The van der Waals surface area contributed by atoms with Gasteiger partial charge in [-0.1, -0.05) is 13.8 Å². The molecule has 1 fully saturated rings. The summed E-state index contributed by atoms with van der Waals surface area (Å²) >= 11 is 3.51. The van der Waals surface area contributed by atoms with Crippen LogP contribution in [0.4, 0.5) is 0 Å². The molecule has 0 saturated heterocycles. The Morgan fingerprint density at radius 2 is 2.05 bits per heavy atom. The summed E-state index contributed by atoms with van der Waals surface area (Å²) < 4.78 is 3.14. The fourth-order valence-electron chi connectivity index (χ4n) is 2.47. The van der Waals surface area contributed by atoms with E-state index in [0.717, 1.165) is 29.8 Å². The molecule has 0 aromatic carbocycles. The van der Waals surface area contributed by atoms with Gasteiger partial charge in [-0.05, 0) is 54.9 Å². The lowest BCUT2D eigenvalue weighted by Gasteiger charge is -2.26. The summed E-state index contributed by atoms with van der Waals surface area (Å²) in [6.07, 6.45) is 4.41. The van der Waals surface area contributed by atoms with Crippen molar-refractivity contribution in [3.8, 4) is 0 Å². The molecule has 1 saturated carbocycles. The molecule has 1 aromatic rings. The van der Waals surface area contributed by atoms with Gasteiger partial charge in [0, 0.05) is 36.3 Å². The second kappa shape index (κ2) is 6.97. The zero-order valence-corrected chi connectivity index (χ0v) is 15.1. The molecule has 2 rings (SSSR count). The maximum absolute atomic E-state index is 12.9. The molecule has 1 aromatic heterocycles. The third-order valence-electron chi connectivity index (χ3n) is 3.66. The SMILES string of the molecule is CC(C)CN(CCN(C)C)C(=O)c1cc(Br)cn1C1CC1. The number of nitrogens with zero attached hydrogens (tertiary/aromatic N) is 3. The van der Waals surface area contributed by atoms with Gasteiger partial charge in [0.2, 0.25) is 0 Å². The van der Waals surface area contributed by atoms with Gasteiger partial charge in [-0.15, -0.1) is 0 Å². The average Bonchev–Trinajstić information content (AvgIpc) is 3.16. The first-order valence-electron chi connectivity index (χ1n) is 7.70. The number of rotatable bonds is 7. The van der Waals surface area contributed by atoms with Gasteiger partial charge in [0.1, 0.15) is 5.69 Å². The molecule has 0 bridgehead atoms. The van der Waals surface area contributed by atoms with Crippen LogP contribution in [0.3, 0.4) is 0 Å². The Balaban J connectivity index is 2.16. The number of likely N-dealkylation sites (N-methyl/N-ethyl adjacent to an activating group) is 1. The molecule has 1 aliphatic carbocycles. The van der Waals surface area contributed by atoms with Gasteiger partial charge in [0.15, 0.2) is 0 Å². The van der Waals surface area contributed by atoms with Crippen LogP contribution < -0.4 is 0 Å². The Labute approximate surface area is 136 Å². The number of carbonyl (C=O) groups excluding carboxylic acids is 1. The zero-order valence-electron chi connectivity index (χ0n) is 13.5. The van der Waals surface area contributed by atoms with Crippen LogP contribution in [0.25, 0.3) is 0 Å². The van der Waals surface area contributed by atoms with Gasteiger partial charge in [0.25, 0.3) is 5.91 Å². The first-order valence-corrected chi connectivity index (χ1v) is 8.49. The molecule has 0 N–H and O–H groups in total. The van der Waals surface area contributed by atoms with Crippen LogP contribution in [0.1, 0.15) is 43.2 Å². The molecule has 1 aliphatic rings. The summed E-state index contributed by atoms with van der Waals surface area (Å²) in [7, 11) is 4.09. The van der Waals surface area contributed by atoms with E-state index in [0.29, 0.717) is 12.0 Å². The van der Waals surface area contributed by atoms with Crippen molar-refractivity contribution in [3.63, 3.8) is 0 Å². The van der Waals surface area contributed by atoms with Crippen LogP contribution in [0.15, 0.2) is 16.7 Å². The molecular weight excluding hydrogens is 330 g/mol. The summed E-state index contributed by atoms with van der Waals surface area (Å²) in [5.41, 5.74) is 0.823. The van der Waals surface area contributed by atoms with Crippen molar-refractivity contribution in [2.24, 2.45) is 5.92 Å². The molecular formula is C16H26BrN3O. The predicted molar refractivity (Wildman–Crippen MR) is 89.7 cm³/mol. The lowest BCUT2D eigenvalue weighted by atomic mass is 10.2. The summed E-state index contributed by atoms with van der Waals surface area (Å²) in [6.45, 7) is 6.79. The highest BCUT2D eigenvalue weighted by Gasteiger charge is 2.29. The maximum Gasteiger partial charge on any atom is 0.270 e. The standard InChI is InChI=1S/C16H26BrN3O/c1-12(2)10-19(8-7-18(3)4)16(21)15-9-13(17)11-20(15)14-5-6-14/h9,11-12,14H,5-8,10H2,1-4H3. The van der Waals surface area contributed by atoms with Gasteiger partial charge in [-0.3, -0.25) is 4.79 Å². The van der Waals surface area contributed by atoms with Crippen LogP contribution in [0, 0.1) is 5.92 Å². The number of amides is 1. The van der Waals surface area contributed by atoms with E-state index in [-0.39, 0.29) is 5.91 Å². The molecule has 1 amide bonds. The fraction of sp³-hybridized carbons (Fsp3) is 0.688. The highest BCUT2D eigenvalue weighted by atomic mass is 79.9. The second-order valence-corrected chi connectivity index (χ2v) is 7.55. The summed E-state index contributed by atoms with van der Waals surface area (Å²) in [5, 5.41) is 0. The van der Waals surface area contributed by atoms with E-state index in [1.807, 2.05) is 31.3 Å². The molecule has 0 unspecified atom stereocenters. The van der Waals surface area contributed by atoms with Gasteiger partial charge in [0.05, 0.1) is 0 Å². The molecule has 0 atom stereocenters. The molecule has 5 heteroatoms. The molecule has 0 spiro atoms. The van der Waals surface area contributed by atoms with Gasteiger partial charge in [-0.2, -0.15) is 0 Å². The van der Waals surface area contributed by atoms with Crippen molar-refractivity contribution < 1.29 is 4.79 Å².